The largest absolute Gasteiger partial charge is 0.364 e. The summed E-state index contributed by atoms with van der Waals surface area (Å²) in [7, 11) is 0. The Morgan fingerprint density at radius 1 is 1.10 bits per heavy atom. The molecule has 7 nitrogen and oxygen atoms in total. The van der Waals surface area contributed by atoms with E-state index in [1.807, 2.05) is 19.1 Å². The highest BCUT2D eigenvalue weighted by atomic mass is 19.1. The summed E-state index contributed by atoms with van der Waals surface area (Å²) >= 11 is 0. The van der Waals surface area contributed by atoms with Crippen LogP contribution in [0.4, 0.5) is 8.78 Å². The van der Waals surface area contributed by atoms with Crippen LogP contribution in [0, 0.1) is 11.6 Å². The van der Waals surface area contributed by atoms with Gasteiger partial charge in [0.05, 0.1) is 0 Å². The molecule has 0 atom stereocenters. The smallest absolute Gasteiger partial charge is 0.332 e. The van der Waals surface area contributed by atoms with E-state index in [0.717, 1.165) is 28.7 Å². The van der Waals surface area contributed by atoms with Crippen LogP contribution in [0.1, 0.15) is 23.0 Å². The Balaban J connectivity index is 2.06. The Kier molecular flexibility index (Phi) is 4.42. The van der Waals surface area contributed by atoms with Crippen LogP contribution in [-0.2, 0) is 6.42 Å². The molecule has 0 unspecified atom stereocenters. The summed E-state index contributed by atoms with van der Waals surface area (Å²) in [5, 5.41) is 0. The van der Waals surface area contributed by atoms with Gasteiger partial charge in [0, 0.05) is 5.56 Å². The zero-order valence-corrected chi connectivity index (χ0v) is 15.2. The molecule has 0 spiro atoms. The number of carbonyl (C=O) groups excluding carboxylic acids is 1. The number of nitrogens with two attached hydrogens (primary N) is 1. The van der Waals surface area contributed by atoms with Gasteiger partial charge in [0.15, 0.2) is 17.2 Å². The number of benzene rings is 2. The highest BCUT2D eigenvalue weighted by Gasteiger charge is 2.23. The zero-order valence-electron chi connectivity index (χ0n) is 15.2. The van der Waals surface area contributed by atoms with E-state index in [1.165, 1.54) is 6.07 Å². The van der Waals surface area contributed by atoms with E-state index >= 15 is 0 Å². The Bertz CT molecular complexity index is 1290. The molecule has 0 aliphatic heterocycles. The molecule has 2 heterocycles. The minimum Gasteiger partial charge on any atom is -0.364 e. The van der Waals surface area contributed by atoms with Gasteiger partial charge in [-0.15, -0.1) is 0 Å². The topological polar surface area (TPSA) is 107 Å². The number of carbonyl (C=O) groups is 1. The molecule has 4 rings (SSSR count). The van der Waals surface area contributed by atoms with E-state index in [2.05, 4.69) is 15.0 Å². The molecule has 0 bridgehead atoms. The number of para-hydroxylation sites is 1. The number of amides is 1. The summed E-state index contributed by atoms with van der Waals surface area (Å²) in [5.74, 6) is -2.73. The minimum absolute atomic E-state index is 0.0958. The second-order valence-electron chi connectivity index (χ2n) is 6.34. The molecule has 3 N–H and O–H groups in total. The molecule has 0 aliphatic rings. The van der Waals surface area contributed by atoms with Crippen LogP contribution in [-0.4, -0.2) is 25.4 Å². The number of aromatic nitrogens is 4. The third-order valence-electron chi connectivity index (χ3n) is 4.55. The van der Waals surface area contributed by atoms with Gasteiger partial charge in [-0.3, -0.25) is 4.79 Å². The standard InChI is InChI=1S/C20H15F2N5O2/c1-2-10-6-8-11(9-7-10)18-24-14(17(23)28)15-19(26-18)27(20(29)25-15)16-12(21)4-3-5-13(16)22/h3-9H,2H2,1H3,(H2,23,28)(H,25,29). The molecule has 1 amide bonds. The third kappa shape index (κ3) is 3.06. The lowest BCUT2D eigenvalue weighted by Gasteiger charge is -2.08. The maximum absolute atomic E-state index is 14.3. The van der Waals surface area contributed by atoms with E-state index in [-0.39, 0.29) is 22.7 Å². The number of aromatic amines is 1. The average molecular weight is 395 g/mol. The van der Waals surface area contributed by atoms with Gasteiger partial charge in [-0.05, 0) is 24.1 Å². The Labute approximate surface area is 162 Å². The summed E-state index contributed by atoms with van der Waals surface area (Å²) in [6.07, 6.45) is 0.830. The van der Waals surface area contributed by atoms with E-state index in [9.17, 15) is 18.4 Å². The van der Waals surface area contributed by atoms with Gasteiger partial charge in [-0.25, -0.2) is 28.1 Å². The second-order valence-corrected chi connectivity index (χ2v) is 6.34. The summed E-state index contributed by atoms with van der Waals surface area (Å²) < 4.78 is 29.4. The van der Waals surface area contributed by atoms with Crippen molar-refractivity contribution in [3.63, 3.8) is 0 Å². The lowest BCUT2D eigenvalue weighted by atomic mass is 10.1. The van der Waals surface area contributed by atoms with Crippen molar-refractivity contribution in [3.8, 4) is 17.1 Å². The molecule has 2 aromatic heterocycles. The number of aryl methyl sites for hydroxylation is 1. The van der Waals surface area contributed by atoms with Crippen LogP contribution >= 0.6 is 0 Å². The SMILES string of the molecule is CCc1ccc(-c2nc(C(N)=O)c3[nH]c(=O)n(-c4c(F)cccc4F)c3n2)cc1. The quantitative estimate of drug-likeness (QED) is 0.554. The first kappa shape index (κ1) is 18.5. The van der Waals surface area contributed by atoms with E-state index in [1.54, 1.807) is 12.1 Å². The van der Waals surface area contributed by atoms with Crippen LogP contribution in [0.15, 0.2) is 47.3 Å². The van der Waals surface area contributed by atoms with Gasteiger partial charge in [0.1, 0.15) is 22.8 Å². The number of nitrogens with zero attached hydrogens (tertiary/aromatic N) is 3. The summed E-state index contributed by atoms with van der Waals surface area (Å²) in [6.45, 7) is 2.00. The van der Waals surface area contributed by atoms with Crippen LogP contribution in [0.25, 0.3) is 28.2 Å². The lowest BCUT2D eigenvalue weighted by Crippen LogP contribution is -2.17. The second kappa shape index (κ2) is 6.93. The maximum Gasteiger partial charge on any atom is 0.332 e. The fourth-order valence-corrected chi connectivity index (χ4v) is 3.09. The van der Waals surface area contributed by atoms with Gasteiger partial charge in [-0.1, -0.05) is 37.3 Å². The molecule has 146 valence electrons. The Hall–Kier alpha value is -3.88. The number of imidazole rings is 1. The Morgan fingerprint density at radius 3 is 2.34 bits per heavy atom. The molecule has 0 fully saturated rings. The van der Waals surface area contributed by atoms with Crippen molar-refractivity contribution < 1.29 is 13.6 Å². The molecule has 0 radical (unpaired) electrons. The molecular weight excluding hydrogens is 380 g/mol. The number of nitrogens with one attached hydrogen (secondary N) is 1. The number of halogens is 2. The number of rotatable bonds is 4. The molecule has 9 heteroatoms. The van der Waals surface area contributed by atoms with Crippen LogP contribution in [0.3, 0.4) is 0 Å². The molecule has 29 heavy (non-hydrogen) atoms. The van der Waals surface area contributed by atoms with Gasteiger partial charge in [0.2, 0.25) is 0 Å². The van der Waals surface area contributed by atoms with Crippen LogP contribution in [0.5, 0.6) is 0 Å². The highest BCUT2D eigenvalue weighted by Crippen LogP contribution is 2.24. The van der Waals surface area contributed by atoms with Crippen molar-refractivity contribution in [1.29, 1.82) is 0 Å². The van der Waals surface area contributed by atoms with Crippen LogP contribution < -0.4 is 11.4 Å². The van der Waals surface area contributed by atoms with E-state index in [0.29, 0.717) is 5.56 Å². The lowest BCUT2D eigenvalue weighted by molar-refractivity contribution is 0.0997. The summed E-state index contributed by atoms with van der Waals surface area (Å²) in [5.41, 5.74) is 5.07. The van der Waals surface area contributed by atoms with Gasteiger partial charge < -0.3 is 10.7 Å². The first-order chi connectivity index (χ1) is 13.9. The fraction of sp³-hybridized carbons (Fsp3) is 0.100. The van der Waals surface area contributed by atoms with Crippen molar-refractivity contribution in [3.05, 3.63) is 75.8 Å². The first-order valence-corrected chi connectivity index (χ1v) is 8.77. The summed E-state index contributed by atoms with van der Waals surface area (Å²) in [6, 6.07) is 10.5. The van der Waals surface area contributed by atoms with E-state index < -0.39 is 28.9 Å². The van der Waals surface area contributed by atoms with Gasteiger partial charge in [-0.2, -0.15) is 0 Å². The number of H-pyrrole nitrogens is 1. The molecular formula is C20H15F2N5O2. The highest BCUT2D eigenvalue weighted by molar-refractivity contribution is 6.02. The predicted octanol–water partition coefficient (Wildman–Crippen LogP) is 2.72. The van der Waals surface area contributed by atoms with Crippen molar-refractivity contribution >= 4 is 17.1 Å². The zero-order chi connectivity index (χ0) is 20.7. The number of primary amides is 1. The first-order valence-electron chi connectivity index (χ1n) is 8.77. The van der Waals surface area contributed by atoms with Crippen molar-refractivity contribution in [2.75, 3.05) is 0 Å². The maximum atomic E-state index is 14.3. The van der Waals surface area contributed by atoms with Crippen molar-refractivity contribution in [2.24, 2.45) is 5.73 Å². The van der Waals surface area contributed by atoms with Crippen molar-refractivity contribution in [1.82, 2.24) is 19.5 Å². The molecule has 4 aromatic rings. The van der Waals surface area contributed by atoms with Crippen molar-refractivity contribution in [2.45, 2.75) is 13.3 Å². The normalized spacial score (nSPS) is 11.1. The Morgan fingerprint density at radius 2 is 1.76 bits per heavy atom. The molecule has 2 aromatic carbocycles. The van der Waals surface area contributed by atoms with Gasteiger partial charge in [0.25, 0.3) is 5.91 Å². The monoisotopic (exact) mass is 395 g/mol. The van der Waals surface area contributed by atoms with Crippen LogP contribution in [0.2, 0.25) is 0 Å². The molecule has 0 saturated heterocycles. The molecule has 0 aliphatic carbocycles. The number of hydrogen-bond donors (Lipinski definition) is 2. The minimum atomic E-state index is -0.957. The summed E-state index contributed by atoms with van der Waals surface area (Å²) in [4.78, 5) is 35.3. The third-order valence-corrected chi connectivity index (χ3v) is 4.55. The van der Waals surface area contributed by atoms with E-state index in [4.69, 9.17) is 5.73 Å². The number of fused-ring (bicyclic) bond motifs is 1. The predicted molar refractivity (Wildman–Crippen MR) is 103 cm³/mol. The van der Waals surface area contributed by atoms with Gasteiger partial charge >= 0.3 is 5.69 Å². The fourth-order valence-electron chi connectivity index (χ4n) is 3.09. The number of hydrogen-bond acceptors (Lipinski definition) is 4. The molecule has 0 saturated carbocycles. The average Bonchev–Trinajstić information content (AvgIpc) is 3.03.